The van der Waals surface area contributed by atoms with E-state index in [0.29, 0.717) is 18.7 Å². The zero-order valence-corrected chi connectivity index (χ0v) is 11.4. The van der Waals surface area contributed by atoms with Gasteiger partial charge in [-0.1, -0.05) is 12.1 Å². The van der Waals surface area contributed by atoms with Gasteiger partial charge in [-0.3, -0.25) is 4.79 Å². The van der Waals surface area contributed by atoms with Crippen LogP contribution in [-0.2, 0) is 11.3 Å². The van der Waals surface area contributed by atoms with Crippen molar-refractivity contribution < 1.29 is 9.53 Å². The number of thiol groups is 1. The van der Waals surface area contributed by atoms with Gasteiger partial charge in [0.1, 0.15) is 5.75 Å². The van der Waals surface area contributed by atoms with Gasteiger partial charge in [0, 0.05) is 13.0 Å². The van der Waals surface area contributed by atoms with Gasteiger partial charge in [-0.2, -0.15) is 12.6 Å². The molecule has 0 aromatic heterocycles. The van der Waals surface area contributed by atoms with Gasteiger partial charge >= 0.3 is 0 Å². The van der Waals surface area contributed by atoms with E-state index in [9.17, 15) is 4.79 Å². The van der Waals surface area contributed by atoms with E-state index in [-0.39, 0.29) is 5.91 Å². The maximum atomic E-state index is 11.3. The van der Waals surface area contributed by atoms with Crippen molar-refractivity contribution in [3.05, 3.63) is 28.8 Å². The lowest BCUT2D eigenvalue weighted by Crippen LogP contribution is -2.22. The highest BCUT2D eigenvalue weighted by molar-refractivity contribution is 7.80. The zero-order chi connectivity index (χ0) is 12.8. The van der Waals surface area contributed by atoms with Crippen molar-refractivity contribution in [2.24, 2.45) is 0 Å². The fourth-order valence-corrected chi connectivity index (χ4v) is 2.06. The molecule has 1 rings (SSSR count). The third-order valence-electron chi connectivity index (χ3n) is 2.55. The van der Waals surface area contributed by atoms with Crippen LogP contribution in [0.25, 0.3) is 0 Å². The Morgan fingerprint density at radius 2 is 1.94 bits per heavy atom. The molecular formula is C13H19NO2S. The maximum Gasteiger partial charge on any atom is 0.221 e. The monoisotopic (exact) mass is 253 g/mol. The van der Waals surface area contributed by atoms with E-state index in [2.05, 4.69) is 17.9 Å². The Hall–Kier alpha value is -1.16. The molecule has 1 amide bonds. The normalized spacial score (nSPS) is 10.1. The van der Waals surface area contributed by atoms with E-state index >= 15 is 0 Å². The summed E-state index contributed by atoms with van der Waals surface area (Å²) in [6, 6.07) is 4.07. The molecule has 0 bridgehead atoms. The summed E-state index contributed by atoms with van der Waals surface area (Å²) < 4.78 is 5.30. The Labute approximate surface area is 108 Å². The molecule has 0 unspecified atom stereocenters. The van der Waals surface area contributed by atoms with E-state index in [0.717, 1.165) is 22.4 Å². The molecular weight excluding hydrogens is 234 g/mol. The summed E-state index contributed by atoms with van der Waals surface area (Å²) in [4.78, 5) is 11.3. The van der Waals surface area contributed by atoms with Crippen molar-refractivity contribution in [2.45, 2.75) is 26.8 Å². The Bertz CT molecular complexity index is 381. The van der Waals surface area contributed by atoms with E-state index in [1.54, 1.807) is 7.11 Å². The molecule has 0 heterocycles. The molecule has 0 aliphatic rings. The topological polar surface area (TPSA) is 38.3 Å². The molecule has 17 heavy (non-hydrogen) atoms. The molecule has 0 saturated carbocycles. The number of aryl methyl sites for hydroxylation is 2. The van der Waals surface area contributed by atoms with Crippen LogP contribution in [0.1, 0.15) is 23.1 Å². The summed E-state index contributed by atoms with van der Waals surface area (Å²) >= 11 is 4.02. The minimum absolute atomic E-state index is 0.0334. The number of hydrogen-bond acceptors (Lipinski definition) is 3. The van der Waals surface area contributed by atoms with Crippen molar-refractivity contribution >= 4 is 18.5 Å². The van der Waals surface area contributed by atoms with Crippen LogP contribution in [0, 0.1) is 13.8 Å². The number of ether oxygens (including phenoxy) is 1. The minimum Gasteiger partial charge on any atom is -0.496 e. The van der Waals surface area contributed by atoms with Gasteiger partial charge in [0.25, 0.3) is 0 Å². The van der Waals surface area contributed by atoms with Gasteiger partial charge in [0.15, 0.2) is 0 Å². The van der Waals surface area contributed by atoms with Crippen molar-refractivity contribution in [1.82, 2.24) is 5.32 Å². The molecule has 0 radical (unpaired) electrons. The molecule has 0 aliphatic carbocycles. The van der Waals surface area contributed by atoms with Gasteiger partial charge in [-0.25, -0.2) is 0 Å². The molecule has 0 fully saturated rings. The SMILES string of the molecule is COc1c(C)cc(CNC(=O)CCS)cc1C. The predicted octanol–water partition coefficient (Wildman–Crippen LogP) is 2.25. The van der Waals surface area contributed by atoms with Gasteiger partial charge in [-0.15, -0.1) is 0 Å². The lowest BCUT2D eigenvalue weighted by Gasteiger charge is -2.11. The van der Waals surface area contributed by atoms with Crippen molar-refractivity contribution in [3.8, 4) is 5.75 Å². The van der Waals surface area contributed by atoms with Crippen LogP contribution in [0.4, 0.5) is 0 Å². The lowest BCUT2D eigenvalue weighted by atomic mass is 10.1. The van der Waals surface area contributed by atoms with Gasteiger partial charge in [-0.05, 0) is 36.3 Å². The fourth-order valence-electron chi connectivity index (χ4n) is 1.85. The maximum absolute atomic E-state index is 11.3. The van der Waals surface area contributed by atoms with Crippen LogP contribution in [0.15, 0.2) is 12.1 Å². The number of methoxy groups -OCH3 is 1. The average molecular weight is 253 g/mol. The van der Waals surface area contributed by atoms with Crippen LogP contribution in [0.3, 0.4) is 0 Å². The summed E-state index contributed by atoms with van der Waals surface area (Å²) in [5, 5.41) is 2.86. The summed E-state index contributed by atoms with van der Waals surface area (Å²) in [6.45, 7) is 4.56. The van der Waals surface area contributed by atoms with Gasteiger partial charge < -0.3 is 10.1 Å². The Balaban J connectivity index is 2.70. The minimum atomic E-state index is 0.0334. The zero-order valence-electron chi connectivity index (χ0n) is 10.5. The Morgan fingerprint density at radius 3 is 2.41 bits per heavy atom. The number of carbonyl (C=O) groups is 1. The van der Waals surface area contributed by atoms with Crippen molar-refractivity contribution in [1.29, 1.82) is 0 Å². The molecule has 1 N–H and O–H groups in total. The second-order valence-electron chi connectivity index (χ2n) is 4.01. The number of nitrogens with one attached hydrogen (secondary N) is 1. The third-order valence-corrected chi connectivity index (χ3v) is 2.78. The fraction of sp³-hybridized carbons (Fsp3) is 0.462. The summed E-state index contributed by atoms with van der Waals surface area (Å²) in [5.41, 5.74) is 3.27. The van der Waals surface area contributed by atoms with Crippen molar-refractivity contribution in [2.75, 3.05) is 12.9 Å². The Kier molecular flexibility index (Phi) is 5.35. The number of amides is 1. The first-order chi connectivity index (χ1) is 8.08. The molecule has 0 saturated heterocycles. The summed E-state index contributed by atoms with van der Waals surface area (Å²) in [5.74, 6) is 1.52. The smallest absolute Gasteiger partial charge is 0.221 e. The largest absolute Gasteiger partial charge is 0.496 e. The second-order valence-corrected chi connectivity index (χ2v) is 4.46. The van der Waals surface area contributed by atoms with E-state index in [1.165, 1.54) is 0 Å². The first kappa shape index (κ1) is 13.9. The first-order valence-corrected chi connectivity index (χ1v) is 6.23. The number of benzene rings is 1. The number of rotatable bonds is 5. The molecule has 0 aliphatic heterocycles. The molecule has 1 aromatic rings. The number of hydrogen-bond donors (Lipinski definition) is 2. The average Bonchev–Trinajstić information content (AvgIpc) is 2.26. The van der Waals surface area contributed by atoms with Crippen LogP contribution in [0.2, 0.25) is 0 Å². The van der Waals surface area contributed by atoms with Crippen LogP contribution >= 0.6 is 12.6 Å². The Morgan fingerprint density at radius 1 is 1.35 bits per heavy atom. The van der Waals surface area contributed by atoms with Gasteiger partial charge in [0.2, 0.25) is 5.91 Å². The van der Waals surface area contributed by atoms with E-state index in [1.807, 2.05) is 26.0 Å². The molecule has 0 spiro atoms. The first-order valence-electron chi connectivity index (χ1n) is 5.60. The van der Waals surface area contributed by atoms with Gasteiger partial charge in [0.05, 0.1) is 7.11 Å². The summed E-state index contributed by atoms with van der Waals surface area (Å²) in [7, 11) is 1.67. The van der Waals surface area contributed by atoms with Crippen LogP contribution in [-0.4, -0.2) is 18.8 Å². The van der Waals surface area contributed by atoms with Crippen LogP contribution in [0.5, 0.6) is 5.75 Å². The lowest BCUT2D eigenvalue weighted by molar-refractivity contribution is -0.120. The second kappa shape index (κ2) is 6.55. The van der Waals surface area contributed by atoms with E-state index in [4.69, 9.17) is 4.74 Å². The molecule has 0 atom stereocenters. The highest BCUT2D eigenvalue weighted by Gasteiger charge is 2.06. The summed E-state index contributed by atoms with van der Waals surface area (Å²) in [6.07, 6.45) is 0.456. The molecule has 3 nitrogen and oxygen atoms in total. The standard InChI is InChI=1S/C13H19NO2S/c1-9-6-11(7-10(2)13(9)16-3)8-14-12(15)4-5-17/h6-7,17H,4-5,8H2,1-3H3,(H,14,15). The highest BCUT2D eigenvalue weighted by Crippen LogP contribution is 2.24. The third kappa shape index (κ3) is 3.97. The quantitative estimate of drug-likeness (QED) is 0.790. The van der Waals surface area contributed by atoms with E-state index < -0.39 is 0 Å². The van der Waals surface area contributed by atoms with Crippen LogP contribution < -0.4 is 10.1 Å². The molecule has 1 aromatic carbocycles. The predicted molar refractivity (Wildman–Crippen MR) is 72.8 cm³/mol. The highest BCUT2D eigenvalue weighted by atomic mass is 32.1. The molecule has 94 valence electrons. The van der Waals surface area contributed by atoms with Crippen molar-refractivity contribution in [3.63, 3.8) is 0 Å². The number of carbonyl (C=O) groups excluding carboxylic acids is 1. The molecule has 4 heteroatoms.